The fraction of sp³-hybridized carbons (Fsp3) is 0.846. The molecule has 3 fully saturated rings. The van der Waals surface area contributed by atoms with Gasteiger partial charge in [-0.25, -0.2) is 0 Å². The van der Waals surface area contributed by atoms with Crippen molar-refractivity contribution in [2.45, 2.75) is 38.7 Å². The third kappa shape index (κ3) is 1.79. The molecule has 2 aliphatic carbocycles. The highest BCUT2D eigenvalue weighted by Crippen LogP contribution is 2.43. The molecule has 4 nitrogen and oxygen atoms in total. The van der Waals surface area contributed by atoms with Gasteiger partial charge in [-0.3, -0.25) is 14.5 Å². The van der Waals surface area contributed by atoms with Gasteiger partial charge < -0.3 is 5.11 Å². The first kappa shape index (κ1) is 11.2. The van der Waals surface area contributed by atoms with E-state index in [0.717, 1.165) is 25.7 Å². The minimum atomic E-state index is -0.501. The Labute approximate surface area is 101 Å². The smallest absolute Gasteiger partial charge is 0.233 e. The number of hydrogen-bond acceptors (Lipinski definition) is 3. The molecule has 2 saturated carbocycles. The van der Waals surface area contributed by atoms with Crippen molar-refractivity contribution < 1.29 is 14.7 Å². The van der Waals surface area contributed by atoms with Crippen LogP contribution in [0, 0.1) is 23.7 Å². The Morgan fingerprint density at radius 3 is 2.24 bits per heavy atom. The Hall–Kier alpha value is -0.900. The number of carbonyl (C=O) groups excluding carboxylic acids is 2. The van der Waals surface area contributed by atoms with Crippen LogP contribution in [0.4, 0.5) is 0 Å². The lowest BCUT2D eigenvalue weighted by atomic mass is 10.00. The SMILES string of the molecule is CC1CC2C(=O)N(CC(O)C3CC3)C(=O)C2C1. The van der Waals surface area contributed by atoms with Gasteiger partial charge in [-0.15, -0.1) is 0 Å². The van der Waals surface area contributed by atoms with Crippen molar-refractivity contribution in [3.8, 4) is 0 Å². The van der Waals surface area contributed by atoms with Gasteiger partial charge in [0.25, 0.3) is 0 Å². The van der Waals surface area contributed by atoms with Crippen LogP contribution in [0.15, 0.2) is 0 Å². The summed E-state index contributed by atoms with van der Waals surface area (Å²) >= 11 is 0. The molecule has 1 heterocycles. The fourth-order valence-corrected chi connectivity index (χ4v) is 3.34. The fourth-order valence-electron chi connectivity index (χ4n) is 3.34. The Morgan fingerprint density at radius 1 is 1.24 bits per heavy atom. The molecular formula is C13H19NO3. The second kappa shape index (κ2) is 3.80. The summed E-state index contributed by atoms with van der Waals surface area (Å²) in [6.45, 7) is 2.33. The highest BCUT2D eigenvalue weighted by atomic mass is 16.3. The maximum absolute atomic E-state index is 12.1. The predicted octanol–water partition coefficient (Wildman–Crippen LogP) is 0.788. The van der Waals surface area contributed by atoms with Crippen LogP contribution in [0.3, 0.4) is 0 Å². The molecule has 2 amide bonds. The van der Waals surface area contributed by atoms with E-state index in [1.807, 2.05) is 0 Å². The predicted molar refractivity (Wildman–Crippen MR) is 60.8 cm³/mol. The maximum Gasteiger partial charge on any atom is 0.233 e. The summed E-state index contributed by atoms with van der Waals surface area (Å²) in [6, 6.07) is 0. The van der Waals surface area contributed by atoms with Gasteiger partial charge in [0.2, 0.25) is 11.8 Å². The van der Waals surface area contributed by atoms with Gasteiger partial charge >= 0.3 is 0 Å². The standard InChI is InChI=1S/C13H19NO3/c1-7-4-9-10(5-7)13(17)14(12(9)16)6-11(15)8-2-3-8/h7-11,15H,2-6H2,1H3. The normalized spacial score (nSPS) is 38.7. The molecule has 0 spiro atoms. The van der Waals surface area contributed by atoms with E-state index >= 15 is 0 Å². The Kier molecular flexibility index (Phi) is 2.51. The van der Waals surface area contributed by atoms with E-state index in [4.69, 9.17) is 0 Å². The zero-order valence-electron chi connectivity index (χ0n) is 10.1. The van der Waals surface area contributed by atoms with Gasteiger partial charge in [0, 0.05) is 0 Å². The number of likely N-dealkylation sites (tertiary alicyclic amines) is 1. The average Bonchev–Trinajstić information content (AvgIpc) is 3.03. The zero-order valence-corrected chi connectivity index (χ0v) is 10.1. The van der Waals surface area contributed by atoms with E-state index in [-0.39, 0.29) is 30.2 Å². The van der Waals surface area contributed by atoms with Crippen LogP contribution >= 0.6 is 0 Å². The van der Waals surface area contributed by atoms with Crippen molar-refractivity contribution in [1.82, 2.24) is 4.90 Å². The van der Waals surface area contributed by atoms with Crippen LogP contribution in [-0.4, -0.2) is 34.5 Å². The average molecular weight is 237 g/mol. The Bertz CT molecular complexity index is 340. The molecule has 0 aromatic heterocycles. The van der Waals surface area contributed by atoms with Gasteiger partial charge in [-0.1, -0.05) is 6.92 Å². The van der Waals surface area contributed by atoms with E-state index in [1.165, 1.54) is 4.90 Å². The van der Waals surface area contributed by atoms with E-state index in [1.54, 1.807) is 0 Å². The van der Waals surface area contributed by atoms with Crippen LogP contribution in [-0.2, 0) is 9.59 Å². The van der Waals surface area contributed by atoms with Crippen LogP contribution < -0.4 is 0 Å². The molecule has 4 heteroatoms. The van der Waals surface area contributed by atoms with E-state index in [2.05, 4.69) is 6.92 Å². The molecule has 17 heavy (non-hydrogen) atoms. The number of imide groups is 1. The monoisotopic (exact) mass is 237 g/mol. The number of β-amino-alcohol motifs (C(OH)–C–C–N with tert-alkyl or cyclic N) is 1. The summed E-state index contributed by atoms with van der Waals surface area (Å²) in [5, 5.41) is 9.85. The molecular weight excluding hydrogens is 218 g/mol. The molecule has 3 unspecified atom stereocenters. The first-order chi connectivity index (χ1) is 8.08. The second-order valence-corrected chi connectivity index (χ2v) is 5.98. The van der Waals surface area contributed by atoms with Crippen LogP contribution in [0.1, 0.15) is 32.6 Å². The van der Waals surface area contributed by atoms with Gasteiger partial charge in [0.05, 0.1) is 24.5 Å². The number of amides is 2. The number of rotatable bonds is 3. The molecule has 0 aromatic rings. The lowest BCUT2D eigenvalue weighted by molar-refractivity contribution is -0.142. The van der Waals surface area contributed by atoms with Gasteiger partial charge in [0.1, 0.15) is 0 Å². The number of carbonyl (C=O) groups is 2. The number of aliphatic hydroxyl groups is 1. The Balaban J connectivity index is 1.70. The lowest BCUT2D eigenvalue weighted by Crippen LogP contribution is -2.39. The van der Waals surface area contributed by atoms with Crippen molar-refractivity contribution in [1.29, 1.82) is 0 Å². The molecule has 1 saturated heterocycles. The quantitative estimate of drug-likeness (QED) is 0.738. The summed E-state index contributed by atoms with van der Waals surface area (Å²) in [6.07, 6.45) is 3.23. The topological polar surface area (TPSA) is 57.6 Å². The van der Waals surface area contributed by atoms with Gasteiger partial charge in [0.15, 0.2) is 0 Å². The summed E-state index contributed by atoms with van der Waals surface area (Å²) in [5.41, 5.74) is 0. The highest BCUT2D eigenvalue weighted by molar-refractivity contribution is 6.05. The zero-order chi connectivity index (χ0) is 12.2. The van der Waals surface area contributed by atoms with Gasteiger partial charge in [-0.05, 0) is 37.5 Å². The summed E-state index contributed by atoms with van der Waals surface area (Å²) in [4.78, 5) is 25.6. The molecule has 1 N–H and O–H groups in total. The van der Waals surface area contributed by atoms with Crippen LogP contribution in [0.25, 0.3) is 0 Å². The van der Waals surface area contributed by atoms with Crippen molar-refractivity contribution >= 4 is 11.8 Å². The largest absolute Gasteiger partial charge is 0.391 e. The molecule has 0 aromatic carbocycles. The van der Waals surface area contributed by atoms with Crippen molar-refractivity contribution in [3.63, 3.8) is 0 Å². The van der Waals surface area contributed by atoms with Crippen LogP contribution in [0.5, 0.6) is 0 Å². The molecule has 3 atom stereocenters. The number of fused-ring (bicyclic) bond motifs is 1. The molecule has 1 aliphatic heterocycles. The number of hydrogen-bond donors (Lipinski definition) is 1. The third-order valence-corrected chi connectivity index (χ3v) is 4.50. The minimum absolute atomic E-state index is 0.0379. The molecule has 3 aliphatic rings. The third-order valence-electron chi connectivity index (χ3n) is 4.50. The number of aliphatic hydroxyl groups excluding tert-OH is 1. The van der Waals surface area contributed by atoms with Gasteiger partial charge in [-0.2, -0.15) is 0 Å². The summed E-state index contributed by atoms with van der Waals surface area (Å²) in [5.74, 6) is 0.532. The lowest BCUT2D eigenvalue weighted by Gasteiger charge is -2.20. The van der Waals surface area contributed by atoms with Crippen molar-refractivity contribution in [2.24, 2.45) is 23.7 Å². The van der Waals surface area contributed by atoms with E-state index in [9.17, 15) is 14.7 Å². The highest BCUT2D eigenvalue weighted by Gasteiger charge is 2.52. The molecule has 0 bridgehead atoms. The first-order valence-electron chi connectivity index (χ1n) is 6.61. The van der Waals surface area contributed by atoms with Crippen LogP contribution in [0.2, 0.25) is 0 Å². The summed E-state index contributed by atoms with van der Waals surface area (Å²) < 4.78 is 0. The first-order valence-corrected chi connectivity index (χ1v) is 6.61. The maximum atomic E-state index is 12.1. The molecule has 3 rings (SSSR count). The van der Waals surface area contributed by atoms with E-state index in [0.29, 0.717) is 11.8 Å². The van der Waals surface area contributed by atoms with Crippen molar-refractivity contribution in [3.05, 3.63) is 0 Å². The van der Waals surface area contributed by atoms with Crippen molar-refractivity contribution in [2.75, 3.05) is 6.54 Å². The van der Waals surface area contributed by atoms with E-state index < -0.39 is 6.10 Å². The summed E-state index contributed by atoms with van der Waals surface area (Å²) in [7, 11) is 0. The molecule has 94 valence electrons. The minimum Gasteiger partial charge on any atom is -0.391 e. The second-order valence-electron chi connectivity index (χ2n) is 5.98. The number of nitrogens with zero attached hydrogens (tertiary/aromatic N) is 1. The molecule has 0 radical (unpaired) electrons. The Morgan fingerprint density at radius 2 is 1.76 bits per heavy atom.